The van der Waals surface area contributed by atoms with E-state index in [9.17, 15) is 4.79 Å². The first-order valence-electron chi connectivity index (χ1n) is 4.86. The fraction of sp³-hybridized carbons (Fsp3) is 0.500. The minimum atomic E-state index is -0.742. The van der Waals surface area contributed by atoms with Crippen LogP contribution in [0.5, 0.6) is 0 Å². The van der Waals surface area contributed by atoms with Crippen molar-refractivity contribution >= 4 is 11.8 Å². The smallest absolute Gasteiger partial charge is 0.311 e. The lowest BCUT2D eigenvalue weighted by molar-refractivity contribution is -0.146. The predicted molar refractivity (Wildman–Crippen MR) is 54.6 cm³/mol. The Hall–Kier alpha value is -1.65. The third-order valence-electron chi connectivity index (χ3n) is 2.86. The number of hydrogen-bond acceptors (Lipinski definition) is 4. The van der Waals surface area contributed by atoms with Gasteiger partial charge in [0, 0.05) is 25.5 Å². The summed E-state index contributed by atoms with van der Waals surface area (Å²) < 4.78 is 0. The van der Waals surface area contributed by atoms with Crippen LogP contribution in [0.4, 0.5) is 5.82 Å². The molecule has 0 spiro atoms. The minimum absolute atomic E-state index is 0.501. The topological polar surface area (TPSA) is 66.3 Å². The van der Waals surface area contributed by atoms with Gasteiger partial charge in [-0.1, -0.05) is 0 Å². The molecule has 15 heavy (non-hydrogen) atoms. The van der Waals surface area contributed by atoms with E-state index in [0.717, 1.165) is 12.4 Å². The maximum Gasteiger partial charge on any atom is 0.311 e. The van der Waals surface area contributed by atoms with E-state index in [-0.39, 0.29) is 0 Å². The number of carbonyl (C=O) groups is 1. The Labute approximate surface area is 87.8 Å². The highest BCUT2D eigenvalue weighted by Gasteiger charge is 2.40. The summed E-state index contributed by atoms with van der Waals surface area (Å²) >= 11 is 0. The van der Waals surface area contributed by atoms with Crippen LogP contribution in [0.2, 0.25) is 0 Å². The number of rotatable bonds is 2. The molecule has 2 rings (SSSR count). The summed E-state index contributed by atoms with van der Waals surface area (Å²) in [5.41, 5.74) is -0.655. The Kier molecular flexibility index (Phi) is 2.30. The van der Waals surface area contributed by atoms with Crippen LogP contribution in [-0.4, -0.2) is 34.1 Å². The lowest BCUT2D eigenvalue weighted by Crippen LogP contribution is -2.32. The van der Waals surface area contributed by atoms with Gasteiger partial charge in [-0.3, -0.25) is 9.78 Å². The van der Waals surface area contributed by atoms with Crippen LogP contribution in [0.1, 0.15) is 13.3 Å². The first-order valence-corrected chi connectivity index (χ1v) is 4.86. The second kappa shape index (κ2) is 3.49. The van der Waals surface area contributed by atoms with Gasteiger partial charge in [-0.05, 0) is 13.3 Å². The van der Waals surface area contributed by atoms with E-state index in [2.05, 4.69) is 9.97 Å². The molecule has 5 nitrogen and oxygen atoms in total. The van der Waals surface area contributed by atoms with Crippen LogP contribution in [0, 0.1) is 5.41 Å². The number of aliphatic carboxylic acids is 1. The van der Waals surface area contributed by atoms with Gasteiger partial charge in [-0.25, -0.2) is 4.98 Å². The molecule has 1 fully saturated rings. The van der Waals surface area contributed by atoms with Crippen LogP contribution < -0.4 is 4.90 Å². The number of anilines is 1. The summed E-state index contributed by atoms with van der Waals surface area (Å²) in [6.07, 6.45) is 5.54. The summed E-state index contributed by atoms with van der Waals surface area (Å²) in [5.74, 6) is 0.0105. The summed E-state index contributed by atoms with van der Waals surface area (Å²) in [7, 11) is 0. The monoisotopic (exact) mass is 207 g/mol. The largest absolute Gasteiger partial charge is 0.481 e. The van der Waals surface area contributed by atoms with Crippen molar-refractivity contribution in [1.29, 1.82) is 0 Å². The van der Waals surface area contributed by atoms with E-state index >= 15 is 0 Å². The van der Waals surface area contributed by atoms with Gasteiger partial charge in [0.25, 0.3) is 0 Å². The van der Waals surface area contributed by atoms with Crippen molar-refractivity contribution < 1.29 is 9.90 Å². The number of carboxylic acids is 1. The molecule has 1 atom stereocenters. The standard InChI is InChI=1S/C10H13N3O2/c1-10(9(14)15)2-5-13(7-10)8-6-11-3-4-12-8/h3-4,6H,2,5,7H2,1H3,(H,14,15). The Balaban J connectivity index is 2.14. The normalized spacial score (nSPS) is 25.5. The molecule has 1 N–H and O–H groups in total. The van der Waals surface area contributed by atoms with Gasteiger partial charge in [-0.15, -0.1) is 0 Å². The van der Waals surface area contributed by atoms with Crippen molar-refractivity contribution in [2.45, 2.75) is 13.3 Å². The van der Waals surface area contributed by atoms with Gasteiger partial charge in [0.1, 0.15) is 5.82 Å². The quantitative estimate of drug-likeness (QED) is 0.776. The van der Waals surface area contributed by atoms with E-state index in [1.165, 1.54) is 0 Å². The molecule has 80 valence electrons. The molecule has 1 aliphatic rings. The molecule has 1 saturated heterocycles. The molecule has 2 heterocycles. The van der Waals surface area contributed by atoms with Gasteiger partial charge in [0.2, 0.25) is 0 Å². The number of carboxylic acid groups (broad SMARTS) is 1. The second-order valence-corrected chi connectivity index (χ2v) is 4.10. The van der Waals surface area contributed by atoms with E-state index in [0.29, 0.717) is 13.0 Å². The third kappa shape index (κ3) is 1.77. The Bertz CT molecular complexity index is 368. The van der Waals surface area contributed by atoms with Crippen molar-refractivity contribution in [3.63, 3.8) is 0 Å². The zero-order valence-electron chi connectivity index (χ0n) is 8.55. The number of hydrogen-bond donors (Lipinski definition) is 1. The van der Waals surface area contributed by atoms with Crippen LogP contribution in [0.15, 0.2) is 18.6 Å². The van der Waals surface area contributed by atoms with Gasteiger partial charge < -0.3 is 10.0 Å². The van der Waals surface area contributed by atoms with Crippen LogP contribution >= 0.6 is 0 Å². The van der Waals surface area contributed by atoms with Crippen LogP contribution in [-0.2, 0) is 4.79 Å². The van der Waals surface area contributed by atoms with E-state index in [4.69, 9.17) is 5.11 Å². The zero-order valence-corrected chi connectivity index (χ0v) is 8.55. The van der Waals surface area contributed by atoms with Gasteiger partial charge in [-0.2, -0.15) is 0 Å². The van der Waals surface area contributed by atoms with Gasteiger partial charge >= 0.3 is 5.97 Å². The van der Waals surface area contributed by atoms with Crippen molar-refractivity contribution in [2.24, 2.45) is 5.41 Å². The maximum atomic E-state index is 11.0. The molecule has 1 aromatic heterocycles. The SMILES string of the molecule is CC1(C(=O)O)CCN(c2cnccn2)C1. The summed E-state index contributed by atoms with van der Waals surface area (Å²) in [6, 6.07) is 0. The molecule has 1 unspecified atom stereocenters. The second-order valence-electron chi connectivity index (χ2n) is 4.10. The fourth-order valence-corrected chi connectivity index (χ4v) is 1.79. The highest BCUT2D eigenvalue weighted by Crippen LogP contribution is 2.32. The van der Waals surface area contributed by atoms with Crippen molar-refractivity contribution in [1.82, 2.24) is 9.97 Å². The number of nitrogens with zero attached hydrogens (tertiary/aromatic N) is 3. The first kappa shape index (κ1) is 9.89. The average molecular weight is 207 g/mol. The highest BCUT2D eigenvalue weighted by molar-refractivity contribution is 5.76. The Morgan fingerprint density at radius 2 is 2.40 bits per heavy atom. The molecule has 1 aromatic rings. The van der Waals surface area contributed by atoms with Crippen LogP contribution in [0.25, 0.3) is 0 Å². The molecule has 0 saturated carbocycles. The van der Waals surface area contributed by atoms with Crippen molar-refractivity contribution in [3.05, 3.63) is 18.6 Å². The van der Waals surface area contributed by atoms with Crippen molar-refractivity contribution in [2.75, 3.05) is 18.0 Å². The fourth-order valence-electron chi connectivity index (χ4n) is 1.79. The summed E-state index contributed by atoms with van der Waals surface area (Å²) in [6.45, 7) is 2.99. The number of aromatic nitrogens is 2. The highest BCUT2D eigenvalue weighted by atomic mass is 16.4. The zero-order chi connectivity index (χ0) is 10.9. The van der Waals surface area contributed by atoms with Crippen LogP contribution in [0.3, 0.4) is 0 Å². The maximum absolute atomic E-state index is 11.0. The van der Waals surface area contributed by atoms with Gasteiger partial charge in [0.05, 0.1) is 11.6 Å². The molecule has 0 aliphatic carbocycles. The summed E-state index contributed by atoms with van der Waals surface area (Å²) in [5, 5.41) is 9.07. The Morgan fingerprint density at radius 3 is 2.93 bits per heavy atom. The van der Waals surface area contributed by atoms with E-state index < -0.39 is 11.4 Å². The van der Waals surface area contributed by atoms with Crippen molar-refractivity contribution in [3.8, 4) is 0 Å². The molecule has 5 heteroatoms. The molecule has 0 radical (unpaired) electrons. The predicted octanol–water partition coefficient (Wildman–Crippen LogP) is 0.778. The molecule has 1 aliphatic heterocycles. The average Bonchev–Trinajstić information content (AvgIpc) is 2.64. The molecule has 0 amide bonds. The molecule has 0 bridgehead atoms. The van der Waals surface area contributed by atoms with Gasteiger partial charge in [0.15, 0.2) is 0 Å². The lowest BCUT2D eigenvalue weighted by Gasteiger charge is -2.20. The minimum Gasteiger partial charge on any atom is -0.481 e. The van der Waals surface area contributed by atoms with E-state index in [1.807, 2.05) is 4.90 Å². The molecular formula is C10H13N3O2. The molecular weight excluding hydrogens is 194 g/mol. The first-order chi connectivity index (χ1) is 7.12. The third-order valence-corrected chi connectivity index (χ3v) is 2.86. The lowest BCUT2D eigenvalue weighted by atomic mass is 9.90. The van der Waals surface area contributed by atoms with E-state index in [1.54, 1.807) is 25.5 Å². The Morgan fingerprint density at radius 1 is 1.60 bits per heavy atom. The summed E-state index contributed by atoms with van der Waals surface area (Å²) in [4.78, 5) is 21.1. The molecule has 0 aromatic carbocycles.